The minimum atomic E-state index is -4.58. The maximum atomic E-state index is 14.2. The van der Waals surface area contributed by atoms with Gasteiger partial charge >= 0.3 is 18.6 Å². The van der Waals surface area contributed by atoms with E-state index in [1.165, 1.54) is 36.8 Å². The third-order valence-corrected chi connectivity index (χ3v) is 7.78. The van der Waals surface area contributed by atoms with Gasteiger partial charge in [0.25, 0.3) is 0 Å². The molecule has 2 aliphatic heterocycles. The Bertz CT molecular complexity index is 1210. The van der Waals surface area contributed by atoms with Crippen molar-refractivity contribution < 1.29 is 31.5 Å². The summed E-state index contributed by atoms with van der Waals surface area (Å²) in [6.07, 6.45) is -2.07. The van der Waals surface area contributed by atoms with E-state index in [0.717, 1.165) is 25.7 Å². The highest BCUT2D eigenvalue weighted by atomic mass is 19.3. The van der Waals surface area contributed by atoms with Crippen LogP contribution in [0, 0.1) is 5.82 Å². The van der Waals surface area contributed by atoms with Crippen LogP contribution >= 0.6 is 0 Å². The SMILES string of the molecule is O=C1N=C(NC2CCCCC2)C2(CCN(Cc3cccc(OC(F)(F)C(F)F)c3)CC2)N1c1cccc(F)c1. The molecule has 2 amide bonds. The lowest BCUT2D eigenvalue weighted by atomic mass is 9.83. The van der Waals surface area contributed by atoms with Gasteiger partial charge in [0.15, 0.2) is 0 Å². The zero-order valence-corrected chi connectivity index (χ0v) is 21.4. The van der Waals surface area contributed by atoms with E-state index >= 15 is 0 Å². The highest BCUT2D eigenvalue weighted by Crippen LogP contribution is 2.40. The highest BCUT2D eigenvalue weighted by Gasteiger charge is 2.52. The van der Waals surface area contributed by atoms with Crippen molar-refractivity contribution in [3.05, 3.63) is 59.9 Å². The summed E-state index contributed by atoms with van der Waals surface area (Å²) in [6, 6.07) is 11.5. The fraction of sp³-hybridized carbons (Fsp3) is 0.500. The van der Waals surface area contributed by atoms with Gasteiger partial charge in [-0.2, -0.15) is 22.6 Å². The number of alkyl halides is 4. The molecule has 6 nitrogen and oxygen atoms in total. The lowest BCUT2D eigenvalue weighted by molar-refractivity contribution is -0.253. The van der Waals surface area contributed by atoms with E-state index in [-0.39, 0.29) is 11.8 Å². The second-order valence-corrected chi connectivity index (χ2v) is 10.5. The largest absolute Gasteiger partial charge is 0.461 e. The quantitative estimate of drug-likeness (QED) is 0.408. The van der Waals surface area contributed by atoms with Gasteiger partial charge in [0, 0.05) is 31.4 Å². The van der Waals surface area contributed by atoms with Crippen LogP contribution in [-0.4, -0.2) is 54.0 Å². The van der Waals surface area contributed by atoms with Gasteiger partial charge in [-0.15, -0.1) is 0 Å². The average molecular weight is 551 g/mol. The van der Waals surface area contributed by atoms with Crippen LogP contribution in [0.4, 0.5) is 32.4 Å². The van der Waals surface area contributed by atoms with Crippen molar-refractivity contribution in [2.45, 2.75) is 75.6 Å². The first-order chi connectivity index (χ1) is 18.7. The molecule has 0 atom stereocenters. The van der Waals surface area contributed by atoms with E-state index in [9.17, 15) is 26.7 Å². The maximum absolute atomic E-state index is 14.2. The van der Waals surface area contributed by atoms with Crippen LogP contribution in [0.3, 0.4) is 0 Å². The average Bonchev–Trinajstić information content (AvgIpc) is 3.16. The minimum absolute atomic E-state index is 0.224. The second-order valence-electron chi connectivity index (χ2n) is 10.5. The molecule has 0 aromatic heterocycles. The van der Waals surface area contributed by atoms with Gasteiger partial charge in [0.1, 0.15) is 22.9 Å². The molecule has 0 radical (unpaired) electrons. The Morgan fingerprint density at radius 3 is 2.46 bits per heavy atom. The van der Waals surface area contributed by atoms with Crippen LogP contribution in [-0.2, 0) is 6.54 Å². The smallest absolute Gasteiger partial charge is 0.428 e. The molecule has 5 rings (SSSR count). The fourth-order valence-electron chi connectivity index (χ4n) is 5.83. The number of amidine groups is 1. The summed E-state index contributed by atoms with van der Waals surface area (Å²) in [5, 5.41) is 3.55. The molecule has 2 fully saturated rings. The molecule has 210 valence electrons. The van der Waals surface area contributed by atoms with Crippen molar-refractivity contribution in [1.29, 1.82) is 0 Å². The summed E-state index contributed by atoms with van der Waals surface area (Å²) in [6.45, 7) is 1.47. The maximum Gasteiger partial charge on any atom is 0.461 e. The number of aliphatic imine (C=N–C) groups is 1. The van der Waals surface area contributed by atoms with E-state index in [4.69, 9.17) is 0 Å². The molecule has 1 saturated heterocycles. The molecule has 0 bridgehead atoms. The van der Waals surface area contributed by atoms with Crippen LogP contribution in [0.1, 0.15) is 50.5 Å². The summed E-state index contributed by atoms with van der Waals surface area (Å²) < 4.78 is 70.3. The normalized spacial score (nSPS) is 20.5. The predicted octanol–water partition coefficient (Wildman–Crippen LogP) is 6.36. The van der Waals surface area contributed by atoms with Crippen LogP contribution in [0.15, 0.2) is 53.5 Å². The Labute approximate surface area is 223 Å². The van der Waals surface area contributed by atoms with Crippen LogP contribution in [0.5, 0.6) is 5.75 Å². The zero-order chi connectivity index (χ0) is 27.6. The number of carbonyl (C=O) groups excluding carboxylic acids is 1. The van der Waals surface area contributed by atoms with Gasteiger partial charge in [-0.05, 0) is 61.6 Å². The lowest BCUT2D eigenvalue weighted by Crippen LogP contribution is -2.62. The van der Waals surface area contributed by atoms with Crippen molar-refractivity contribution >= 4 is 17.6 Å². The minimum Gasteiger partial charge on any atom is -0.428 e. The summed E-state index contributed by atoms with van der Waals surface area (Å²) in [7, 11) is 0. The number of hydrogen-bond acceptors (Lipinski definition) is 4. The topological polar surface area (TPSA) is 57.2 Å². The van der Waals surface area contributed by atoms with Crippen molar-refractivity contribution in [3.8, 4) is 5.75 Å². The third kappa shape index (κ3) is 5.88. The fourth-order valence-corrected chi connectivity index (χ4v) is 5.83. The van der Waals surface area contributed by atoms with Gasteiger partial charge in [-0.3, -0.25) is 9.80 Å². The third-order valence-electron chi connectivity index (χ3n) is 7.78. The number of amides is 2. The number of anilines is 1. The first-order valence-electron chi connectivity index (χ1n) is 13.3. The summed E-state index contributed by atoms with van der Waals surface area (Å²) in [4.78, 5) is 21.3. The van der Waals surface area contributed by atoms with Crippen LogP contribution in [0.2, 0.25) is 0 Å². The van der Waals surface area contributed by atoms with E-state index in [0.29, 0.717) is 49.6 Å². The van der Waals surface area contributed by atoms with Gasteiger partial charge < -0.3 is 10.1 Å². The molecule has 11 heteroatoms. The standard InChI is InChI=1S/C28H31F5N4O2/c29-20-7-5-10-22(17-20)37-26(38)35-25(34-21-8-2-1-3-9-21)27(37)12-14-36(15-13-27)18-19-6-4-11-23(16-19)39-28(32,33)24(30)31/h4-7,10-11,16-17,21,24H,1-3,8-9,12-15,18H2,(H,34,35,38). The number of nitrogens with one attached hydrogen (secondary N) is 1. The number of nitrogens with zero attached hydrogens (tertiary/aromatic N) is 3. The molecule has 1 aliphatic carbocycles. The van der Waals surface area contributed by atoms with Crippen LogP contribution in [0.25, 0.3) is 0 Å². The number of ether oxygens (including phenoxy) is 1. The Balaban J connectivity index is 1.33. The number of likely N-dealkylation sites (tertiary alicyclic amines) is 1. The van der Waals surface area contributed by atoms with Crippen molar-refractivity contribution in [3.63, 3.8) is 0 Å². The van der Waals surface area contributed by atoms with E-state index in [2.05, 4.69) is 19.9 Å². The second kappa shape index (κ2) is 11.1. The van der Waals surface area contributed by atoms with Gasteiger partial charge in [-0.1, -0.05) is 37.5 Å². The number of benzene rings is 2. The summed E-state index contributed by atoms with van der Waals surface area (Å²) in [5.41, 5.74) is 0.318. The molecule has 39 heavy (non-hydrogen) atoms. The Morgan fingerprint density at radius 1 is 1.05 bits per heavy atom. The van der Waals surface area contributed by atoms with E-state index < -0.39 is 29.9 Å². The van der Waals surface area contributed by atoms with Gasteiger partial charge in [-0.25, -0.2) is 9.18 Å². The Kier molecular flexibility index (Phi) is 7.80. The van der Waals surface area contributed by atoms with Crippen molar-refractivity contribution in [1.82, 2.24) is 10.2 Å². The Hall–Kier alpha value is -3.21. The van der Waals surface area contributed by atoms with E-state index in [1.54, 1.807) is 23.1 Å². The van der Waals surface area contributed by atoms with Gasteiger partial charge in [0.2, 0.25) is 0 Å². The molecule has 2 aromatic rings. The van der Waals surface area contributed by atoms with Gasteiger partial charge in [0.05, 0.1) is 0 Å². The predicted molar refractivity (Wildman–Crippen MR) is 137 cm³/mol. The number of rotatable bonds is 7. The molecule has 2 heterocycles. The van der Waals surface area contributed by atoms with Crippen molar-refractivity contribution in [2.24, 2.45) is 4.99 Å². The van der Waals surface area contributed by atoms with Crippen LogP contribution < -0.4 is 15.0 Å². The molecule has 2 aromatic carbocycles. The molecule has 0 unspecified atom stereocenters. The summed E-state index contributed by atoms with van der Waals surface area (Å²) in [5.74, 6) is -0.162. The van der Waals surface area contributed by atoms with E-state index in [1.807, 2.05) is 0 Å². The first-order valence-corrected chi connectivity index (χ1v) is 13.3. The lowest BCUT2D eigenvalue weighted by Gasteiger charge is -2.45. The highest BCUT2D eigenvalue weighted by molar-refractivity contribution is 6.16. The number of carbonyl (C=O) groups is 1. The molecular weight excluding hydrogens is 519 g/mol. The molecule has 1 N–H and O–H groups in total. The molecule has 3 aliphatic rings. The molecule has 1 spiro atoms. The summed E-state index contributed by atoms with van der Waals surface area (Å²) >= 11 is 0. The monoisotopic (exact) mass is 550 g/mol. The number of halogens is 5. The zero-order valence-electron chi connectivity index (χ0n) is 21.4. The number of hydrogen-bond donors (Lipinski definition) is 1. The van der Waals surface area contributed by atoms with Crippen molar-refractivity contribution in [2.75, 3.05) is 18.0 Å². The molecular formula is C28H31F5N4O2. The number of piperidine rings is 1. The molecule has 1 saturated carbocycles. The first kappa shape index (κ1) is 27.4. The Morgan fingerprint density at radius 2 is 1.77 bits per heavy atom. The number of urea groups is 1.